The van der Waals surface area contributed by atoms with Crippen molar-refractivity contribution in [1.82, 2.24) is 15.2 Å². The first-order valence-electron chi connectivity index (χ1n) is 36.9. The fourth-order valence-corrected chi connectivity index (χ4v) is 9.23. The van der Waals surface area contributed by atoms with Crippen LogP contribution in [0.2, 0.25) is 0 Å². The number of aromatic nitrogens is 3. The molecule has 3 aliphatic rings. The van der Waals surface area contributed by atoms with Gasteiger partial charge < -0.3 is 6.92 Å². The van der Waals surface area contributed by atoms with Crippen molar-refractivity contribution >= 4 is 78.2 Å². The van der Waals surface area contributed by atoms with Crippen LogP contribution in [0.3, 0.4) is 0 Å². The van der Waals surface area contributed by atoms with Crippen LogP contribution in [0.1, 0.15) is 139 Å². The number of rotatable bonds is 1. The Morgan fingerprint density at radius 2 is 0.806 bits per heavy atom. The van der Waals surface area contributed by atoms with Crippen molar-refractivity contribution in [1.29, 1.82) is 0 Å². The second kappa shape index (κ2) is 63.2. The molecule has 0 fully saturated rings. The number of nitrogens with zero attached hydrogens (tertiary/aromatic N) is 6. The van der Waals surface area contributed by atoms with E-state index in [0.29, 0.717) is 0 Å². The van der Waals surface area contributed by atoms with E-state index in [1.54, 1.807) is 12.4 Å². The van der Waals surface area contributed by atoms with Crippen LogP contribution in [0.15, 0.2) is 331 Å². The van der Waals surface area contributed by atoms with Crippen LogP contribution in [-0.4, -0.2) is 34.2 Å². The molecule has 2 aromatic heterocycles. The van der Waals surface area contributed by atoms with Gasteiger partial charge in [-0.2, -0.15) is 52.5 Å². The van der Waals surface area contributed by atoms with Crippen LogP contribution in [-0.2, 0) is 52.1 Å². The molecule has 103 heavy (non-hydrogen) atoms. The summed E-state index contributed by atoms with van der Waals surface area (Å²) in [6.45, 7) is 39.5. The molecule has 1 radical (unpaired) electrons. The Kier molecular flexibility index (Phi) is 57.3. The van der Waals surface area contributed by atoms with E-state index in [9.17, 15) is 0 Å². The van der Waals surface area contributed by atoms with Crippen molar-refractivity contribution < 1.29 is 32.7 Å². The Hall–Kier alpha value is -9.72. The van der Waals surface area contributed by atoms with Gasteiger partial charge >= 0.3 is 0 Å². The minimum Gasteiger partial charge on any atom is -0.341 e. The third-order valence-electron chi connectivity index (χ3n) is 13.8. The van der Waals surface area contributed by atoms with Crippen LogP contribution in [0.5, 0.6) is 0 Å². The molecule has 0 N–H and O–H groups in total. The molecule has 535 valence electrons. The zero-order valence-corrected chi connectivity index (χ0v) is 67.9. The molecule has 17 rings (SSSR count). The quantitative estimate of drug-likeness (QED) is 0.121. The molecule has 5 heterocycles. The molecule has 0 saturated heterocycles. The first-order chi connectivity index (χ1) is 50.6. The fraction of sp³-hybridized carbons (Fsp3) is 0.219. The van der Waals surface area contributed by atoms with E-state index in [-0.39, 0.29) is 32.7 Å². The molecule has 6 nitrogen and oxygen atoms in total. The van der Waals surface area contributed by atoms with E-state index in [2.05, 4.69) is 214 Å². The third-order valence-corrected chi connectivity index (χ3v) is 13.8. The smallest absolute Gasteiger partial charge is 0.0701 e. The monoisotopic (exact) mass is 1440 g/mol. The molecular formula is C96H116N6Y-2. The second-order valence-electron chi connectivity index (χ2n) is 19.9. The van der Waals surface area contributed by atoms with E-state index in [1.165, 1.54) is 70.7 Å². The molecule has 14 aromatic rings. The molecule has 3 aliphatic heterocycles. The average Bonchev–Trinajstić information content (AvgIpc) is 1.71. The zero-order valence-electron chi connectivity index (χ0n) is 65.1. The van der Waals surface area contributed by atoms with Gasteiger partial charge in [0.2, 0.25) is 0 Å². The van der Waals surface area contributed by atoms with Crippen molar-refractivity contribution in [2.45, 2.75) is 137 Å². The Morgan fingerprint density at radius 1 is 0.388 bits per heavy atom. The molecular weight excluding hydrogens is 1330 g/mol. The first-order valence-corrected chi connectivity index (χ1v) is 36.9. The maximum atomic E-state index is 4.24. The van der Waals surface area contributed by atoms with Crippen molar-refractivity contribution in [2.75, 3.05) is 6.54 Å². The van der Waals surface area contributed by atoms with Gasteiger partial charge in [-0.1, -0.05) is 359 Å². The normalized spacial score (nSPS) is 9.77. The Bertz CT molecular complexity index is 3970. The molecule has 0 atom stereocenters. The standard InChI is InChI=1S/C14H10.C10H8.C9H7N.C8H6N2.3C8H7N.C8H8.C7H8.8C2H6.Y/c1-2-6-12-10-14-8-4-3-7-13(14)9-11(12)5-1;1-2-6-10-8-4-3-7-9(10)5-1;1-2-6-9-8(4-1)5-3-7-10-9;1-2-4-8-6-10-9-5-7(8)3-1;1-2-4-8-6-9-5-7(8)3-1;2*1-2-4-8-7(3-1)5-6-9-8;1-2-8-6-4-3-5-7-8;1-7-5-3-2-4-6-7;8*1-2;/h1-10H;1-8H;1-7H;1-6H;1-5H,6H2;1-4,6H,5H2;1-5H,6H2;3-6H,1-2H2;2-6H,1H3;8*1-2H3;/q;;;;;;;-2;;;;;;;;;;. The molecule has 0 bridgehead atoms. The van der Waals surface area contributed by atoms with Crippen LogP contribution < -0.4 is 10.6 Å². The van der Waals surface area contributed by atoms with E-state index >= 15 is 0 Å². The van der Waals surface area contributed by atoms with Gasteiger partial charge in [-0.25, -0.2) is 0 Å². The summed E-state index contributed by atoms with van der Waals surface area (Å²) in [5.41, 5.74) is 8.66. The number of aryl methyl sites for hydroxylation is 1. The van der Waals surface area contributed by atoms with E-state index < -0.39 is 0 Å². The maximum Gasteiger partial charge on any atom is 0.0701 e. The summed E-state index contributed by atoms with van der Waals surface area (Å²) in [6.07, 6.45) is 13.2. The molecule has 0 saturated carbocycles. The fourth-order valence-electron chi connectivity index (χ4n) is 9.23. The number of pyridine rings is 1. The number of fused-ring (bicyclic) bond motifs is 8. The summed E-state index contributed by atoms with van der Waals surface area (Å²) in [7, 11) is 0. The van der Waals surface area contributed by atoms with E-state index in [1.807, 2.05) is 269 Å². The Balaban J connectivity index is 0.00000111. The van der Waals surface area contributed by atoms with Crippen LogP contribution >= 0.6 is 0 Å². The second-order valence-corrected chi connectivity index (χ2v) is 19.9. The van der Waals surface area contributed by atoms with Crippen molar-refractivity contribution in [2.24, 2.45) is 15.0 Å². The molecule has 7 heteroatoms. The van der Waals surface area contributed by atoms with Gasteiger partial charge in [0.25, 0.3) is 0 Å². The molecule has 0 spiro atoms. The van der Waals surface area contributed by atoms with E-state index in [0.717, 1.165) is 53.3 Å². The van der Waals surface area contributed by atoms with Crippen LogP contribution in [0.4, 0.5) is 5.69 Å². The number of hydrogen-bond acceptors (Lipinski definition) is 6. The maximum absolute atomic E-state index is 4.24. The zero-order chi connectivity index (χ0) is 75.1. The Morgan fingerprint density at radius 3 is 1.25 bits per heavy atom. The van der Waals surface area contributed by atoms with E-state index in [4.69, 9.17) is 0 Å². The minimum absolute atomic E-state index is 0. The summed E-state index contributed by atoms with van der Waals surface area (Å²) in [5, 5.41) is 21.3. The molecule has 0 amide bonds. The largest absolute Gasteiger partial charge is 0.341 e. The summed E-state index contributed by atoms with van der Waals surface area (Å²) in [4.78, 5) is 16.7. The minimum atomic E-state index is 0. The van der Waals surface area contributed by atoms with Gasteiger partial charge in [0.15, 0.2) is 0 Å². The van der Waals surface area contributed by atoms with Gasteiger partial charge in [-0.3, -0.25) is 20.0 Å². The van der Waals surface area contributed by atoms with Crippen LogP contribution in [0.25, 0.3) is 60.1 Å². The number of benzene rings is 12. The SMILES string of the molecule is C1=NCc2ccccc21.C1=Nc2ccccc2C1.C1=c2ccccc2=NC1.CC.CC.CC.CC.CC.CC.CC.CC.Cc1ccccc1.[CH2-]Cc1[c-]cccc1.[Y].c1ccc2cc3ccccc3cc2c1.c1ccc2ccccc2c1.c1ccc2cnncc2c1.c1ccc2ncccc2c1. The first kappa shape index (κ1) is 93.3. The molecule has 12 aromatic carbocycles. The van der Waals surface area contributed by atoms with Gasteiger partial charge in [0.05, 0.1) is 42.0 Å². The molecule has 0 aliphatic carbocycles. The van der Waals surface area contributed by atoms with Gasteiger partial charge in [0.1, 0.15) is 0 Å². The van der Waals surface area contributed by atoms with Crippen LogP contribution in [0, 0.1) is 19.9 Å². The summed E-state index contributed by atoms with van der Waals surface area (Å²) < 4.78 is 0. The number of para-hydroxylation sites is 3. The van der Waals surface area contributed by atoms with Crippen molar-refractivity contribution in [3.05, 3.63) is 367 Å². The average molecular weight is 1440 g/mol. The third kappa shape index (κ3) is 36.6. The van der Waals surface area contributed by atoms with Gasteiger partial charge in [-0.15, -0.1) is 0 Å². The van der Waals surface area contributed by atoms with Crippen molar-refractivity contribution in [3.8, 4) is 0 Å². The topological polar surface area (TPSA) is 75.8 Å². The predicted molar refractivity (Wildman–Crippen MR) is 456 cm³/mol. The van der Waals surface area contributed by atoms with Gasteiger partial charge in [0, 0.05) is 73.9 Å². The summed E-state index contributed by atoms with van der Waals surface area (Å²) in [5.74, 6) is 0. The summed E-state index contributed by atoms with van der Waals surface area (Å²) in [6, 6.07) is 104. The van der Waals surface area contributed by atoms with Crippen molar-refractivity contribution in [3.63, 3.8) is 0 Å². The van der Waals surface area contributed by atoms with Gasteiger partial charge in [-0.05, 0) is 97.5 Å². The predicted octanol–water partition coefficient (Wildman–Crippen LogP) is 26.4. The summed E-state index contributed by atoms with van der Waals surface area (Å²) >= 11 is 0. The Labute approximate surface area is 647 Å². The number of hydrogen-bond donors (Lipinski definition) is 0. The number of aliphatic imine (C=N–C) groups is 2. The molecule has 0 unspecified atom stereocenters.